The molecule has 4 nitrogen and oxygen atoms in total. The second kappa shape index (κ2) is 6.22. The highest BCUT2D eigenvalue weighted by molar-refractivity contribution is 9.10. The summed E-state index contributed by atoms with van der Waals surface area (Å²) in [5.41, 5.74) is 1.30. The minimum Gasteiger partial charge on any atom is -0.370 e. The van der Waals surface area contributed by atoms with E-state index in [9.17, 15) is 0 Å². The van der Waals surface area contributed by atoms with E-state index in [1.54, 1.807) is 0 Å². The molecule has 0 unspecified atom stereocenters. The monoisotopic (exact) mass is 332 g/mol. The fourth-order valence-corrected chi connectivity index (χ4v) is 2.69. The van der Waals surface area contributed by atoms with Gasteiger partial charge in [-0.2, -0.15) is 0 Å². The van der Waals surface area contributed by atoms with Crippen LogP contribution in [0, 0.1) is 0 Å². The van der Waals surface area contributed by atoms with Gasteiger partial charge in [0.25, 0.3) is 0 Å². The molecule has 2 heterocycles. The van der Waals surface area contributed by atoms with Gasteiger partial charge in [-0.05, 0) is 34.5 Å². The summed E-state index contributed by atoms with van der Waals surface area (Å²) >= 11 is 3.37. The van der Waals surface area contributed by atoms with Crippen molar-refractivity contribution in [2.24, 2.45) is 0 Å². The summed E-state index contributed by atoms with van der Waals surface area (Å²) in [6.45, 7) is 4.04. The molecule has 1 fully saturated rings. The molecule has 1 saturated heterocycles. The number of hydrogen-bond acceptors (Lipinski definition) is 4. The first-order valence-corrected chi connectivity index (χ1v) is 7.65. The Morgan fingerprint density at radius 2 is 1.50 bits per heavy atom. The molecule has 0 bridgehead atoms. The first kappa shape index (κ1) is 13.4. The van der Waals surface area contributed by atoms with Crippen molar-refractivity contribution in [1.82, 2.24) is 9.97 Å². The van der Waals surface area contributed by atoms with Gasteiger partial charge < -0.3 is 9.80 Å². The van der Waals surface area contributed by atoms with E-state index < -0.39 is 0 Å². The Morgan fingerprint density at radius 3 is 2.25 bits per heavy atom. The van der Waals surface area contributed by atoms with Gasteiger partial charge in [-0.25, -0.2) is 9.97 Å². The van der Waals surface area contributed by atoms with Gasteiger partial charge in [-0.1, -0.05) is 18.2 Å². The molecule has 0 amide bonds. The molecule has 5 heteroatoms. The summed E-state index contributed by atoms with van der Waals surface area (Å²) in [6, 6.07) is 10.6. The van der Waals surface area contributed by atoms with Crippen LogP contribution in [-0.2, 0) is 0 Å². The highest BCUT2D eigenvalue weighted by Gasteiger charge is 2.16. The van der Waals surface area contributed by atoms with Crippen molar-refractivity contribution in [3.05, 3.63) is 47.2 Å². The van der Waals surface area contributed by atoms with Gasteiger partial charge in [-0.15, -0.1) is 0 Å². The number of aromatic nitrogens is 2. The Morgan fingerprint density at radius 1 is 0.850 bits per heavy atom. The van der Waals surface area contributed by atoms with Crippen molar-refractivity contribution >= 4 is 27.6 Å². The molecular formula is C15H17BrN4. The van der Waals surface area contributed by atoms with Crippen molar-refractivity contribution in [2.75, 3.05) is 36.0 Å². The molecular weight excluding hydrogens is 316 g/mol. The Balaban J connectivity index is 1.69. The lowest BCUT2D eigenvalue weighted by Crippen LogP contribution is -2.31. The van der Waals surface area contributed by atoms with Crippen molar-refractivity contribution in [2.45, 2.75) is 6.42 Å². The van der Waals surface area contributed by atoms with Crippen LogP contribution in [0.25, 0.3) is 0 Å². The molecule has 0 spiro atoms. The first-order chi connectivity index (χ1) is 9.83. The second-order valence-electron chi connectivity index (χ2n) is 4.86. The normalized spacial score (nSPS) is 16.1. The third-order valence-electron chi connectivity index (χ3n) is 3.51. The molecule has 3 rings (SSSR count). The van der Waals surface area contributed by atoms with E-state index in [1.807, 2.05) is 12.4 Å². The van der Waals surface area contributed by atoms with Crippen LogP contribution in [-0.4, -0.2) is 36.1 Å². The van der Waals surface area contributed by atoms with Crippen LogP contribution in [0.15, 0.2) is 47.2 Å². The number of halogens is 1. The van der Waals surface area contributed by atoms with E-state index >= 15 is 0 Å². The quantitative estimate of drug-likeness (QED) is 0.846. The van der Waals surface area contributed by atoms with E-state index in [-0.39, 0.29) is 0 Å². The Kier molecular flexibility index (Phi) is 4.16. The lowest BCUT2D eigenvalue weighted by molar-refractivity contribution is 0.781. The zero-order valence-corrected chi connectivity index (χ0v) is 12.8. The van der Waals surface area contributed by atoms with Crippen molar-refractivity contribution in [3.8, 4) is 0 Å². The number of hydrogen-bond donors (Lipinski definition) is 0. The average Bonchev–Trinajstić information content (AvgIpc) is 2.75. The third kappa shape index (κ3) is 3.10. The van der Waals surface area contributed by atoms with Gasteiger partial charge in [0, 0.05) is 44.3 Å². The molecule has 1 aromatic heterocycles. The minimum atomic E-state index is 0.822. The van der Waals surface area contributed by atoms with Gasteiger partial charge in [-0.3, -0.25) is 0 Å². The van der Waals surface area contributed by atoms with Crippen LogP contribution in [0.5, 0.6) is 0 Å². The summed E-state index contributed by atoms with van der Waals surface area (Å²) in [4.78, 5) is 13.5. The fourth-order valence-electron chi connectivity index (χ4n) is 2.48. The Labute approximate surface area is 127 Å². The second-order valence-corrected chi connectivity index (χ2v) is 5.78. The predicted octanol–water partition coefficient (Wildman–Crippen LogP) is 2.96. The molecule has 2 aromatic rings. The maximum Gasteiger partial charge on any atom is 0.225 e. The minimum absolute atomic E-state index is 0.822. The maximum absolute atomic E-state index is 4.39. The van der Waals surface area contributed by atoms with E-state index in [2.05, 4.69) is 66.0 Å². The van der Waals surface area contributed by atoms with Crippen molar-refractivity contribution < 1.29 is 0 Å². The first-order valence-electron chi connectivity index (χ1n) is 6.85. The summed E-state index contributed by atoms with van der Waals surface area (Å²) in [6.07, 6.45) is 4.73. The van der Waals surface area contributed by atoms with Gasteiger partial charge >= 0.3 is 0 Å². The van der Waals surface area contributed by atoms with Gasteiger partial charge in [0.15, 0.2) is 0 Å². The lowest BCUT2D eigenvalue weighted by atomic mass is 10.3. The van der Waals surface area contributed by atoms with Crippen LogP contribution in [0.3, 0.4) is 0 Å². The van der Waals surface area contributed by atoms with E-state index in [4.69, 9.17) is 0 Å². The molecule has 1 aliphatic heterocycles. The summed E-state index contributed by atoms with van der Waals surface area (Å²) < 4.78 is 0.919. The number of benzene rings is 1. The molecule has 0 saturated carbocycles. The predicted molar refractivity (Wildman–Crippen MR) is 85.2 cm³/mol. The summed E-state index contributed by atoms with van der Waals surface area (Å²) in [5.74, 6) is 0.822. The van der Waals surface area contributed by atoms with Gasteiger partial charge in [0.2, 0.25) is 5.95 Å². The van der Waals surface area contributed by atoms with Gasteiger partial charge in [0.1, 0.15) is 0 Å². The van der Waals surface area contributed by atoms with Crippen molar-refractivity contribution in [1.29, 1.82) is 0 Å². The van der Waals surface area contributed by atoms with Crippen LogP contribution in [0.4, 0.5) is 11.6 Å². The molecule has 20 heavy (non-hydrogen) atoms. The molecule has 0 aliphatic carbocycles. The molecule has 1 aliphatic rings. The van der Waals surface area contributed by atoms with Crippen LogP contribution in [0.2, 0.25) is 0 Å². The molecule has 104 valence electrons. The molecule has 0 N–H and O–H groups in total. The SMILES string of the molecule is Brc1cnc(N2CCCN(c3ccccc3)CC2)nc1. The highest BCUT2D eigenvalue weighted by Crippen LogP contribution is 2.18. The molecule has 1 aromatic carbocycles. The van der Waals surface area contributed by atoms with E-state index in [0.717, 1.165) is 43.0 Å². The number of anilines is 2. The topological polar surface area (TPSA) is 32.3 Å². The Hall–Kier alpha value is -1.62. The largest absolute Gasteiger partial charge is 0.370 e. The van der Waals surface area contributed by atoms with Crippen LogP contribution in [0.1, 0.15) is 6.42 Å². The highest BCUT2D eigenvalue weighted by atomic mass is 79.9. The van der Waals surface area contributed by atoms with E-state index in [0.29, 0.717) is 0 Å². The molecule has 0 radical (unpaired) electrons. The van der Waals surface area contributed by atoms with E-state index in [1.165, 1.54) is 5.69 Å². The lowest BCUT2D eigenvalue weighted by Gasteiger charge is -2.23. The van der Waals surface area contributed by atoms with Gasteiger partial charge in [0.05, 0.1) is 4.47 Å². The fraction of sp³-hybridized carbons (Fsp3) is 0.333. The average molecular weight is 333 g/mol. The summed E-state index contributed by atoms with van der Waals surface area (Å²) in [7, 11) is 0. The maximum atomic E-state index is 4.39. The standard InChI is InChI=1S/C15H17BrN4/c16-13-11-17-15(18-12-13)20-8-4-7-19(9-10-20)14-5-2-1-3-6-14/h1-3,5-6,11-12H,4,7-10H2. The van der Waals surface area contributed by atoms with Crippen LogP contribution >= 0.6 is 15.9 Å². The smallest absolute Gasteiger partial charge is 0.225 e. The molecule has 0 atom stereocenters. The number of para-hydroxylation sites is 1. The summed E-state index contributed by atoms with van der Waals surface area (Å²) in [5, 5.41) is 0. The van der Waals surface area contributed by atoms with Crippen LogP contribution < -0.4 is 9.80 Å². The Bertz CT molecular complexity index is 544. The zero-order chi connectivity index (χ0) is 13.8. The third-order valence-corrected chi connectivity index (χ3v) is 3.92. The number of nitrogens with zero attached hydrogens (tertiary/aromatic N) is 4. The number of rotatable bonds is 2. The zero-order valence-electron chi connectivity index (χ0n) is 11.2. The van der Waals surface area contributed by atoms with Crippen molar-refractivity contribution in [3.63, 3.8) is 0 Å².